The lowest BCUT2D eigenvalue weighted by molar-refractivity contribution is -0.139. The molecule has 0 aliphatic carbocycles. The second-order valence-corrected chi connectivity index (χ2v) is 3.50. The number of hydrogen-bond donors (Lipinski definition) is 0. The molecule has 3 heteroatoms. The van der Waals surface area contributed by atoms with Crippen molar-refractivity contribution in [3.63, 3.8) is 0 Å². The predicted molar refractivity (Wildman–Crippen MR) is 59.9 cm³/mol. The molecule has 1 aromatic carbocycles. The molecule has 0 bridgehead atoms. The zero-order valence-corrected chi connectivity index (χ0v) is 9.18. The summed E-state index contributed by atoms with van der Waals surface area (Å²) in [5.41, 5.74) is 1.59. The first-order chi connectivity index (χ1) is 7.83. The number of hydrogen-bond acceptors (Lipinski definition) is 3. The summed E-state index contributed by atoms with van der Waals surface area (Å²) in [7, 11) is 0. The zero-order valence-electron chi connectivity index (χ0n) is 9.18. The Morgan fingerprint density at radius 2 is 2.19 bits per heavy atom. The van der Waals surface area contributed by atoms with E-state index in [4.69, 9.17) is 9.47 Å². The first-order valence-electron chi connectivity index (χ1n) is 5.36. The van der Waals surface area contributed by atoms with Gasteiger partial charge in [0.05, 0.1) is 18.8 Å². The average Bonchev–Trinajstić information content (AvgIpc) is 2.79. The third-order valence-corrected chi connectivity index (χ3v) is 2.46. The van der Waals surface area contributed by atoms with Crippen LogP contribution < -0.4 is 0 Å². The van der Waals surface area contributed by atoms with Crippen molar-refractivity contribution in [3.8, 4) is 0 Å². The van der Waals surface area contributed by atoms with Crippen LogP contribution in [0, 0.1) is 0 Å². The summed E-state index contributed by atoms with van der Waals surface area (Å²) in [5, 5.41) is 0. The summed E-state index contributed by atoms with van der Waals surface area (Å²) >= 11 is 0. The molecular formula is C13H14O3. The van der Waals surface area contributed by atoms with Gasteiger partial charge in [0.15, 0.2) is 0 Å². The molecular weight excluding hydrogens is 204 g/mol. The normalized spacial score (nSPS) is 19.3. The molecule has 2 rings (SSSR count). The largest absolute Gasteiger partial charge is 0.463 e. The van der Waals surface area contributed by atoms with Crippen LogP contribution in [-0.2, 0) is 14.3 Å². The van der Waals surface area contributed by atoms with Crippen molar-refractivity contribution in [1.29, 1.82) is 0 Å². The molecule has 0 radical (unpaired) electrons. The average molecular weight is 218 g/mol. The lowest BCUT2D eigenvalue weighted by Gasteiger charge is -2.13. The van der Waals surface area contributed by atoms with Gasteiger partial charge >= 0.3 is 5.97 Å². The molecule has 1 aliphatic rings. The number of ether oxygens (including phenoxy) is 2. The highest BCUT2D eigenvalue weighted by Gasteiger charge is 2.27. The van der Waals surface area contributed by atoms with Crippen LogP contribution in [0.3, 0.4) is 0 Å². The van der Waals surface area contributed by atoms with Crippen molar-refractivity contribution < 1.29 is 14.3 Å². The molecule has 16 heavy (non-hydrogen) atoms. The van der Waals surface area contributed by atoms with Crippen LogP contribution in [0.5, 0.6) is 0 Å². The predicted octanol–water partition coefficient (Wildman–Crippen LogP) is 2.25. The van der Waals surface area contributed by atoms with Crippen molar-refractivity contribution in [2.45, 2.75) is 13.0 Å². The number of carbonyl (C=O) groups excluding carboxylic acids is 1. The van der Waals surface area contributed by atoms with E-state index in [1.807, 2.05) is 30.3 Å². The van der Waals surface area contributed by atoms with Crippen LogP contribution >= 0.6 is 0 Å². The molecule has 1 atom stereocenters. The maximum atomic E-state index is 11.7. The minimum atomic E-state index is -0.283. The first kappa shape index (κ1) is 10.9. The molecule has 0 spiro atoms. The lowest BCUT2D eigenvalue weighted by Crippen LogP contribution is -2.12. The van der Waals surface area contributed by atoms with Gasteiger partial charge in [-0.1, -0.05) is 30.3 Å². The number of rotatable bonds is 3. The fourth-order valence-electron chi connectivity index (χ4n) is 1.74. The summed E-state index contributed by atoms with van der Waals surface area (Å²) in [6.07, 6.45) is 1.51. The second kappa shape index (κ2) is 4.94. The zero-order chi connectivity index (χ0) is 11.4. The smallest absolute Gasteiger partial charge is 0.336 e. The highest BCUT2D eigenvalue weighted by atomic mass is 16.5. The Morgan fingerprint density at radius 3 is 2.88 bits per heavy atom. The Hall–Kier alpha value is -1.61. The van der Waals surface area contributed by atoms with Crippen LogP contribution in [0.2, 0.25) is 0 Å². The molecule has 84 valence electrons. The molecule has 1 heterocycles. The van der Waals surface area contributed by atoms with E-state index < -0.39 is 0 Å². The summed E-state index contributed by atoms with van der Waals surface area (Å²) in [6, 6.07) is 9.69. The second-order valence-electron chi connectivity index (χ2n) is 3.50. The molecule has 1 aliphatic heterocycles. The topological polar surface area (TPSA) is 35.5 Å². The third-order valence-electron chi connectivity index (χ3n) is 2.46. The summed E-state index contributed by atoms with van der Waals surface area (Å²) in [6.45, 7) is 2.65. The molecule has 0 saturated carbocycles. The standard InChI is InChI=1S/C13H14O3/c1-2-15-13(14)11-8-9-16-12(11)10-6-4-3-5-7-10/h3-8,12H,2,9H2,1H3. The lowest BCUT2D eigenvalue weighted by atomic mass is 10.0. The highest BCUT2D eigenvalue weighted by Crippen LogP contribution is 2.30. The van der Waals surface area contributed by atoms with E-state index in [9.17, 15) is 4.79 Å². The molecule has 3 nitrogen and oxygen atoms in total. The Morgan fingerprint density at radius 1 is 1.44 bits per heavy atom. The van der Waals surface area contributed by atoms with Crippen molar-refractivity contribution in [3.05, 3.63) is 47.5 Å². The van der Waals surface area contributed by atoms with E-state index in [0.29, 0.717) is 18.8 Å². The fraction of sp³-hybridized carbons (Fsp3) is 0.308. The molecule has 1 aromatic rings. The molecule has 0 aromatic heterocycles. The van der Waals surface area contributed by atoms with Gasteiger partial charge in [0.1, 0.15) is 6.10 Å². The van der Waals surface area contributed by atoms with Gasteiger partial charge in [-0.15, -0.1) is 0 Å². The number of benzene rings is 1. The Kier molecular flexibility index (Phi) is 3.37. The minimum absolute atomic E-state index is 0.278. The molecule has 0 saturated heterocycles. The van der Waals surface area contributed by atoms with E-state index in [0.717, 1.165) is 5.56 Å². The third kappa shape index (κ3) is 2.14. The highest BCUT2D eigenvalue weighted by molar-refractivity contribution is 5.90. The molecule has 0 amide bonds. The van der Waals surface area contributed by atoms with E-state index in [1.165, 1.54) is 0 Å². The SMILES string of the molecule is CCOC(=O)C1=CCOC1c1ccccc1. The Bertz CT molecular complexity index is 395. The number of carbonyl (C=O) groups is 1. The molecule has 0 N–H and O–H groups in total. The monoisotopic (exact) mass is 218 g/mol. The van der Waals surface area contributed by atoms with E-state index in [2.05, 4.69) is 0 Å². The number of esters is 1. The first-order valence-corrected chi connectivity index (χ1v) is 5.36. The summed E-state index contributed by atoms with van der Waals surface area (Å²) in [4.78, 5) is 11.7. The van der Waals surface area contributed by atoms with Gasteiger partial charge in [0.2, 0.25) is 0 Å². The van der Waals surface area contributed by atoms with Gasteiger partial charge < -0.3 is 9.47 Å². The fourth-order valence-corrected chi connectivity index (χ4v) is 1.74. The van der Waals surface area contributed by atoms with Gasteiger partial charge in [-0.25, -0.2) is 4.79 Å². The molecule has 1 unspecified atom stereocenters. The summed E-state index contributed by atoms with van der Waals surface area (Å²) in [5.74, 6) is -0.283. The molecule has 0 fully saturated rings. The van der Waals surface area contributed by atoms with Crippen molar-refractivity contribution in [1.82, 2.24) is 0 Å². The van der Waals surface area contributed by atoms with Gasteiger partial charge in [-0.2, -0.15) is 0 Å². The van der Waals surface area contributed by atoms with Crippen LogP contribution in [0.1, 0.15) is 18.6 Å². The van der Waals surface area contributed by atoms with Gasteiger partial charge in [0.25, 0.3) is 0 Å². The van der Waals surface area contributed by atoms with Crippen LogP contribution in [0.15, 0.2) is 42.0 Å². The van der Waals surface area contributed by atoms with Gasteiger partial charge in [-0.3, -0.25) is 0 Å². The van der Waals surface area contributed by atoms with Crippen LogP contribution in [0.25, 0.3) is 0 Å². The van der Waals surface area contributed by atoms with Crippen molar-refractivity contribution in [2.24, 2.45) is 0 Å². The summed E-state index contributed by atoms with van der Waals surface area (Å²) < 4.78 is 10.5. The maximum absolute atomic E-state index is 11.7. The van der Waals surface area contributed by atoms with Crippen LogP contribution in [-0.4, -0.2) is 19.2 Å². The van der Waals surface area contributed by atoms with Crippen LogP contribution in [0.4, 0.5) is 0 Å². The van der Waals surface area contributed by atoms with E-state index >= 15 is 0 Å². The quantitative estimate of drug-likeness (QED) is 0.730. The van der Waals surface area contributed by atoms with E-state index in [1.54, 1.807) is 13.0 Å². The maximum Gasteiger partial charge on any atom is 0.336 e. The Labute approximate surface area is 94.7 Å². The van der Waals surface area contributed by atoms with Gasteiger partial charge in [0, 0.05) is 0 Å². The van der Waals surface area contributed by atoms with E-state index in [-0.39, 0.29) is 12.1 Å². The van der Waals surface area contributed by atoms with Gasteiger partial charge in [-0.05, 0) is 18.6 Å². The Balaban J connectivity index is 2.18. The van der Waals surface area contributed by atoms with Crippen molar-refractivity contribution in [2.75, 3.05) is 13.2 Å². The van der Waals surface area contributed by atoms with Crippen molar-refractivity contribution >= 4 is 5.97 Å². The minimum Gasteiger partial charge on any atom is -0.463 e.